The Morgan fingerprint density at radius 3 is 2.81 bits per heavy atom. The van der Waals surface area contributed by atoms with Gasteiger partial charge in [0.15, 0.2) is 0 Å². The van der Waals surface area contributed by atoms with E-state index in [0.717, 1.165) is 38.7 Å². The summed E-state index contributed by atoms with van der Waals surface area (Å²) in [6.07, 6.45) is 8.16. The normalized spacial score (nSPS) is 22.2. The summed E-state index contributed by atoms with van der Waals surface area (Å²) >= 11 is 0. The van der Waals surface area contributed by atoms with Crippen LogP contribution >= 0.6 is 0 Å². The zero-order chi connectivity index (χ0) is 11.8. The highest BCUT2D eigenvalue weighted by Crippen LogP contribution is 2.18. The standard InChI is InChI=1S/C13H25NO2/c1-11(14)5-2-6-12(15)7-3-8-13-9-4-10-16-13/h11,13H,2-10,14H2,1H3. The first-order chi connectivity index (χ1) is 7.68. The van der Waals surface area contributed by atoms with Gasteiger partial charge in [-0.25, -0.2) is 0 Å². The Hall–Kier alpha value is -0.410. The van der Waals surface area contributed by atoms with Crippen LogP contribution in [-0.4, -0.2) is 24.5 Å². The molecule has 1 fully saturated rings. The number of nitrogens with two attached hydrogens (primary N) is 1. The molecular weight excluding hydrogens is 202 g/mol. The molecule has 3 nitrogen and oxygen atoms in total. The molecule has 0 radical (unpaired) electrons. The van der Waals surface area contributed by atoms with Gasteiger partial charge in [-0.3, -0.25) is 4.79 Å². The zero-order valence-electron chi connectivity index (χ0n) is 10.4. The summed E-state index contributed by atoms with van der Waals surface area (Å²) in [7, 11) is 0. The Balaban J connectivity index is 1.93. The van der Waals surface area contributed by atoms with Crippen LogP contribution in [0.3, 0.4) is 0 Å². The first-order valence-electron chi connectivity index (χ1n) is 6.57. The van der Waals surface area contributed by atoms with Crippen molar-refractivity contribution in [2.45, 2.75) is 70.4 Å². The van der Waals surface area contributed by atoms with Gasteiger partial charge < -0.3 is 10.5 Å². The molecule has 0 aromatic carbocycles. The summed E-state index contributed by atoms with van der Waals surface area (Å²) in [5.74, 6) is 0.388. The van der Waals surface area contributed by atoms with E-state index in [-0.39, 0.29) is 6.04 Å². The first kappa shape index (κ1) is 13.7. The van der Waals surface area contributed by atoms with Crippen molar-refractivity contribution in [3.05, 3.63) is 0 Å². The summed E-state index contributed by atoms with van der Waals surface area (Å²) < 4.78 is 5.52. The second-order valence-corrected chi connectivity index (χ2v) is 4.94. The molecule has 0 aromatic heterocycles. The van der Waals surface area contributed by atoms with Crippen LogP contribution in [0.4, 0.5) is 0 Å². The molecule has 1 heterocycles. The van der Waals surface area contributed by atoms with E-state index in [2.05, 4.69) is 0 Å². The molecule has 2 unspecified atom stereocenters. The monoisotopic (exact) mass is 227 g/mol. The van der Waals surface area contributed by atoms with Gasteiger partial charge in [-0.15, -0.1) is 0 Å². The Kier molecular flexibility index (Phi) is 6.65. The van der Waals surface area contributed by atoms with E-state index in [1.54, 1.807) is 0 Å². The molecule has 1 rings (SSSR count). The van der Waals surface area contributed by atoms with Crippen molar-refractivity contribution in [1.29, 1.82) is 0 Å². The van der Waals surface area contributed by atoms with E-state index in [1.165, 1.54) is 12.8 Å². The summed E-state index contributed by atoms with van der Waals surface area (Å²) in [6, 6.07) is 0.222. The van der Waals surface area contributed by atoms with Crippen LogP contribution < -0.4 is 5.73 Å². The molecule has 0 aliphatic carbocycles. The fourth-order valence-electron chi connectivity index (χ4n) is 2.15. The molecule has 1 aliphatic rings. The molecule has 94 valence electrons. The largest absolute Gasteiger partial charge is 0.378 e. The van der Waals surface area contributed by atoms with Gasteiger partial charge in [0.05, 0.1) is 6.10 Å². The molecular formula is C13H25NO2. The number of ketones is 1. The fourth-order valence-corrected chi connectivity index (χ4v) is 2.15. The number of carbonyl (C=O) groups is 1. The van der Waals surface area contributed by atoms with Crippen molar-refractivity contribution >= 4 is 5.78 Å². The van der Waals surface area contributed by atoms with Gasteiger partial charge in [0, 0.05) is 25.5 Å². The highest BCUT2D eigenvalue weighted by atomic mass is 16.5. The van der Waals surface area contributed by atoms with Crippen molar-refractivity contribution < 1.29 is 9.53 Å². The van der Waals surface area contributed by atoms with E-state index in [9.17, 15) is 4.79 Å². The lowest BCUT2D eigenvalue weighted by Crippen LogP contribution is -2.14. The maximum atomic E-state index is 11.5. The molecule has 0 bridgehead atoms. The third-order valence-corrected chi connectivity index (χ3v) is 3.12. The summed E-state index contributed by atoms with van der Waals surface area (Å²) in [5, 5.41) is 0. The molecule has 2 N–H and O–H groups in total. The van der Waals surface area contributed by atoms with Crippen molar-refractivity contribution in [2.75, 3.05) is 6.61 Å². The van der Waals surface area contributed by atoms with Crippen LogP contribution in [0.25, 0.3) is 0 Å². The number of hydrogen-bond donors (Lipinski definition) is 1. The highest BCUT2D eigenvalue weighted by molar-refractivity contribution is 5.78. The summed E-state index contributed by atoms with van der Waals surface area (Å²) in [5.41, 5.74) is 5.63. The van der Waals surface area contributed by atoms with Crippen LogP contribution in [0.5, 0.6) is 0 Å². The zero-order valence-corrected chi connectivity index (χ0v) is 10.4. The van der Waals surface area contributed by atoms with Gasteiger partial charge in [0.25, 0.3) is 0 Å². The lowest BCUT2D eigenvalue weighted by molar-refractivity contribution is -0.119. The summed E-state index contributed by atoms with van der Waals surface area (Å²) in [4.78, 5) is 11.5. The van der Waals surface area contributed by atoms with Crippen LogP contribution in [0.15, 0.2) is 0 Å². The Morgan fingerprint density at radius 1 is 1.44 bits per heavy atom. The van der Waals surface area contributed by atoms with Crippen LogP contribution in [0.2, 0.25) is 0 Å². The quantitative estimate of drug-likeness (QED) is 0.693. The van der Waals surface area contributed by atoms with Crippen molar-refractivity contribution in [2.24, 2.45) is 5.73 Å². The molecule has 1 aliphatic heterocycles. The van der Waals surface area contributed by atoms with Crippen LogP contribution in [0.1, 0.15) is 58.3 Å². The van der Waals surface area contributed by atoms with Gasteiger partial charge in [0.1, 0.15) is 5.78 Å². The lowest BCUT2D eigenvalue weighted by atomic mass is 10.0. The molecule has 0 spiro atoms. The van der Waals surface area contributed by atoms with E-state index in [0.29, 0.717) is 18.3 Å². The minimum absolute atomic E-state index is 0.222. The fraction of sp³-hybridized carbons (Fsp3) is 0.923. The molecule has 16 heavy (non-hydrogen) atoms. The Bertz CT molecular complexity index is 198. The van der Waals surface area contributed by atoms with Crippen molar-refractivity contribution in [3.8, 4) is 0 Å². The van der Waals surface area contributed by atoms with Crippen molar-refractivity contribution in [1.82, 2.24) is 0 Å². The molecule has 3 heteroatoms. The lowest BCUT2D eigenvalue weighted by Gasteiger charge is -2.08. The molecule has 0 saturated carbocycles. The summed E-state index contributed by atoms with van der Waals surface area (Å²) in [6.45, 7) is 2.90. The predicted octanol–water partition coefficient (Wildman–Crippen LogP) is 2.42. The van der Waals surface area contributed by atoms with E-state index >= 15 is 0 Å². The highest BCUT2D eigenvalue weighted by Gasteiger charge is 2.15. The first-order valence-corrected chi connectivity index (χ1v) is 6.57. The Labute approximate surface area is 98.7 Å². The topological polar surface area (TPSA) is 52.3 Å². The SMILES string of the molecule is CC(N)CCCC(=O)CCCC1CCCO1. The van der Waals surface area contributed by atoms with Crippen LogP contribution in [-0.2, 0) is 9.53 Å². The average Bonchev–Trinajstić information content (AvgIpc) is 2.70. The smallest absolute Gasteiger partial charge is 0.132 e. The third-order valence-electron chi connectivity index (χ3n) is 3.12. The second kappa shape index (κ2) is 7.80. The minimum Gasteiger partial charge on any atom is -0.378 e. The molecule has 2 atom stereocenters. The molecule has 0 aromatic rings. The number of rotatable bonds is 8. The number of ether oxygens (including phenoxy) is 1. The van der Waals surface area contributed by atoms with Gasteiger partial charge in [0.2, 0.25) is 0 Å². The maximum Gasteiger partial charge on any atom is 0.132 e. The number of Topliss-reactive ketones (excluding diaryl/α,β-unsaturated/α-hetero) is 1. The van der Waals surface area contributed by atoms with Gasteiger partial charge >= 0.3 is 0 Å². The average molecular weight is 227 g/mol. The van der Waals surface area contributed by atoms with E-state index in [1.807, 2.05) is 6.92 Å². The number of hydrogen-bond acceptors (Lipinski definition) is 3. The third kappa shape index (κ3) is 6.23. The minimum atomic E-state index is 0.222. The van der Waals surface area contributed by atoms with Gasteiger partial charge in [-0.2, -0.15) is 0 Å². The van der Waals surface area contributed by atoms with Gasteiger partial charge in [-0.05, 0) is 45.4 Å². The van der Waals surface area contributed by atoms with Gasteiger partial charge in [-0.1, -0.05) is 0 Å². The number of carbonyl (C=O) groups excluding carboxylic acids is 1. The maximum absolute atomic E-state index is 11.5. The molecule has 0 amide bonds. The Morgan fingerprint density at radius 2 is 2.19 bits per heavy atom. The van der Waals surface area contributed by atoms with E-state index < -0.39 is 0 Å². The van der Waals surface area contributed by atoms with Crippen molar-refractivity contribution in [3.63, 3.8) is 0 Å². The van der Waals surface area contributed by atoms with Crippen LogP contribution in [0, 0.1) is 0 Å². The molecule has 1 saturated heterocycles. The second-order valence-electron chi connectivity index (χ2n) is 4.94. The van der Waals surface area contributed by atoms with E-state index in [4.69, 9.17) is 10.5 Å². The predicted molar refractivity (Wildman–Crippen MR) is 65.3 cm³/mol.